The number of carboxylic acids is 1. The second-order valence-electron chi connectivity index (χ2n) is 7.44. The van der Waals surface area contributed by atoms with Crippen molar-refractivity contribution in [1.29, 1.82) is 0 Å². The Morgan fingerprint density at radius 1 is 0.893 bits per heavy atom. The van der Waals surface area contributed by atoms with E-state index < -0.39 is 12.0 Å². The number of carboxylic acid groups (broad SMARTS) is 1. The summed E-state index contributed by atoms with van der Waals surface area (Å²) in [6.45, 7) is 2.80. The second-order valence-corrected chi connectivity index (χ2v) is 7.71. The van der Waals surface area contributed by atoms with E-state index in [-0.39, 0.29) is 5.91 Å². The van der Waals surface area contributed by atoms with E-state index in [9.17, 15) is 14.7 Å². The average molecular weight is 417 g/mol. The second kappa shape index (κ2) is 20.7. The summed E-state index contributed by atoms with van der Waals surface area (Å²) in [5.74, 6) is -1.12. The molecule has 0 aromatic heterocycles. The zero-order chi connectivity index (χ0) is 20.9. The number of halogens is 1. The summed E-state index contributed by atoms with van der Waals surface area (Å²) in [6.07, 6.45) is 20.0. The van der Waals surface area contributed by atoms with Crippen LogP contribution in [0.3, 0.4) is 0 Å². The van der Waals surface area contributed by atoms with E-state index in [0.717, 1.165) is 32.1 Å². The third kappa shape index (κ3) is 18.3. The number of carbonyl (C=O) groups excluding carboxylic acids is 1. The lowest BCUT2D eigenvalue weighted by atomic mass is 10.1. The van der Waals surface area contributed by atoms with E-state index in [1.165, 1.54) is 44.9 Å². The molecule has 1 amide bonds. The van der Waals surface area contributed by atoms with Crippen LogP contribution in [0, 0.1) is 0 Å². The highest BCUT2D eigenvalue weighted by Gasteiger charge is 2.18. The Bertz CT molecular complexity index is 417. The standard InChI is InChI=1S/C22H41ClN2O3/c1-2-3-4-5-6-7-8-9-10-11-12-13-14-18-21(26)25-20(22(27)28)17-15-16-19-24-23/h3-4,20,24H,2,5-19H2,1H3,(H,25,26)(H,27,28)/b4-3-/t20-/m0/s1. The van der Waals surface area contributed by atoms with Gasteiger partial charge in [0.2, 0.25) is 5.91 Å². The van der Waals surface area contributed by atoms with Gasteiger partial charge in [0.05, 0.1) is 0 Å². The van der Waals surface area contributed by atoms with Crippen molar-refractivity contribution in [1.82, 2.24) is 10.2 Å². The Balaban J connectivity index is 3.54. The molecule has 0 fully saturated rings. The van der Waals surface area contributed by atoms with E-state index in [4.69, 9.17) is 11.8 Å². The van der Waals surface area contributed by atoms with Crippen LogP contribution >= 0.6 is 11.8 Å². The van der Waals surface area contributed by atoms with Crippen LogP contribution in [0.1, 0.15) is 103 Å². The van der Waals surface area contributed by atoms with Crippen molar-refractivity contribution in [3.05, 3.63) is 12.2 Å². The molecule has 0 aliphatic heterocycles. The number of hydrogen-bond donors (Lipinski definition) is 3. The van der Waals surface area contributed by atoms with E-state index in [1.807, 2.05) is 0 Å². The van der Waals surface area contributed by atoms with Crippen LogP contribution in [0.5, 0.6) is 0 Å². The Morgan fingerprint density at radius 3 is 2.07 bits per heavy atom. The van der Waals surface area contributed by atoms with Crippen molar-refractivity contribution in [2.45, 2.75) is 109 Å². The van der Waals surface area contributed by atoms with Crippen molar-refractivity contribution < 1.29 is 14.7 Å². The fraction of sp³-hybridized carbons (Fsp3) is 0.818. The number of unbranched alkanes of at least 4 members (excludes halogenated alkanes) is 10. The van der Waals surface area contributed by atoms with Gasteiger partial charge in [-0.3, -0.25) is 4.79 Å². The molecule has 0 heterocycles. The van der Waals surface area contributed by atoms with Gasteiger partial charge in [-0.2, -0.15) is 0 Å². The van der Waals surface area contributed by atoms with Gasteiger partial charge in [-0.25, -0.2) is 9.63 Å². The average Bonchev–Trinajstić information content (AvgIpc) is 2.67. The number of hydrogen-bond acceptors (Lipinski definition) is 3. The highest BCUT2D eigenvalue weighted by Crippen LogP contribution is 2.12. The molecule has 3 N–H and O–H groups in total. The zero-order valence-electron chi connectivity index (χ0n) is 17.7. The molecular weight excluding hydrogens is 376 g/mol. The topological polar surface area (TPSA) is 78.4 Å². The fourth-order valence-electron chi connectivity index (χ4n) is 3.13. The molecule has 0 radical (unpaired) electrons. The Kier molecular flexibility index (Phi) is 19.9. The van der Waals surface area contributed by atoms with Gasteiger partial charge in [0.1, 0.15) is 6.04 Å². The van der Waals surface area contributed by atoms with Crippen molar-refractivity contribution in [2.24, 2.45) is 0 Å². The predicted molar refractivity (Wildman–Crippen MR) is 117 cm³/mol. The maximum absolute atomic E-state index is 11.9. The first-order valence-corrected chi connectivity index (χ1v) is 11.5. The van der Waals surface area contributed by atoms with Gasteiger partial charge in [-0.15, -0.1) is 0 Å². The minimum Gasteiger partial charge on any atom is -0.480 e. The normalized spacial score (nSPS) is 12.4. The maximum atomic E-state index is 11.9. The molecular formula is C22H41ClN2O3. The number of rotatable bonds is 20. The van der Waals surface area contributed by atoms with Gasteiger partial charge < -0.3 is 10.4 Å². The lowest BCUT2D eigenvalue weighted by Crippen LogP contribution is -2.40. The third-order valence-corrected chi connectivity index (χ3v) is 5.01. The summed E-state index contributed by atoms with van der Waals surface area (Å²) in [4.78, 5) is 25.7. The number of nitrogens with one attached hydrogen (secondary N) is 2. The van der Waals surface area contributed by atoms with E-state index in [1.54, 1.807) is 0 Å². The smallest absolute Gasteiger partial charge is 0.326 e. The minimum absolute atomic E-state index is 0.153. The molecule has 1 atom stereocenters. The Morgan fingerprint density at radius 2 is 1.50 bits per heavy atom. The molecule has 0 saturated heterocycles. The first kappa shape index (κ1) is 26.9. The van der Waals surface area contributed by atoms with Crippen LogP contribution in [0.2, 0.25) is 0 Å². The molecule has 164 valence electrons. The summed E-state index contributed by atoms with van der Waals surface area (Å²) in [7, 11) is 0. The van der Waals surface area contributed by atoms with Gasteiger partial charge in [0.15, 0.2) is 0 Å². The fourth-order valence-corrected chi connectivity index (χ4v) is 3.27. The van der Waals surface area contributed by atoms with E-state index in [0.29, 0.717) is 25.8 Å². The molecule has 0 spiro atoms. The van der Waals surface area contributed by atoms with Crippen molar-refractivity contribution in [3.63, 3.8) is 0 Å². The lowest BCUT2D eigenvalue weighted by Gasteiger charge is -2.14. The van der Waals surface area contributed by atoms with Crippen molar-refractivity contribution >= 4 is 23.7 Å². The first-order chi connectivity index (χ1) is 13.6. The summed E-state index contributed by atoms with van der Waals surface area (Å²) in [5.41, 5.74) is 0. The highest BCUT2D eigenvalue weighted by atomic mass is 35.5. The van der Waals surface area contributed by atoms with Crippen LogP contribution in [0.4, 0.5) is 0 Å². The van der Waals surface area contributed by atoms with Gasteiger partial charge in [-0.1, -0.05) is 64.0 Å². The largest absolute Gasteiger partial charge is 0.480 e. The first-order valence-electron chi connectivity index (χ1n) is 11.1. The number of amides is 1. The Labute approximate surface area is 176 Å². The lowest BCUT2D eigenvalue weighted by molar-refractivity contribution is -0.142. The maximum Gasteiger partial charge on any atom is 0.326 e. The molecule has 0 aliphatic rings. The number of aliphatic carboxylic acids is 1. The zero-order valence-corrected chi connectivity index (χ0v) is 18.4. The minimum atomic E-state index is -0.964. The molecule has 0 unspecified atom stereocenters. The number of allylic oxidation sites excluding steroid dienone is 2. The van der Waals surface area contributed by atoms with Crippen LogP contribution in [-0.4, -0.2) is 29.6 Å². The highest BCUT2D eigenvalue weighted by molar-refractivity contribution is 6.13. The molecule has 0 aliphatic carbocycles. The summed E-state index contributed by atoms with van der Waals surface area (Å²) in [6, 6.07) is -0.791. The molecule has 0 rings (SSSR count). The molecule has 28 heavy (non-hydrogen) atoms. The van der Waals surface area contributed by atoms with Gasteiger partial charge in [0, 0.05) is 13.0 Å². The van der Waals surface area contributed by atoms with Crippen LogP contribution in [-0.2, 0) is 9.59 Å². The summed E-state index contributed by atoms with van der Waals surface area (Å²) < 4.78 is 0. The number of carbonyl (C=O) groups is 2. The quantitative estimate of drug-likeness (QED) is 0.134. The van der Waals surface area contributed by atoms with Crippen LogP contribution < -0.4 is 10.2 Å². The van der Waals surface area contributed by atoms with Crippen LogP contribution in [0.15, 0.2) is 12.2 Å². The van der Waals surface area contributed by atoms with Crippen molar-refractivity contribution in [3.8, 4) is 0 Å². The van der Waals surface area contributed by atoms with Crippen molar-refractivity contribution in [2.75, 3.05) is 6.54 Å². The Hall–Kier alpha value is -1.07. The van der Waals surface area contributed by atoms with Gasteiger partial charge in [-0.05, 0) is 56.7 Å². The molecule has 0 bridgehead atoms. The SMILES string of the molecule is CC/C=C\CCCCCCCCCCCC(=O)N[C@@H](CCCCNCl)C(=O)O. The summed E-state index contributed by atoms with van der Waals surface area (Å²) >= 11 is 5.37. The van der Waals surface area contributed by atoms with Gasteiger partial charge >= 0.3 is 5.97 Å². The molecule has 5 nitrogen and oxygen atoms in total. The summed E-state index contributed by atoms with van der Waals surface area (Å²) in [5, 5.41) is 11.8. The van der Waals surface area contributed by atoms with Crippen LogP contribution in [0.25, 0.3) is 0 Å². The third-order valence-electron chi connectivity index (χ3n) is 4.82. The monoisotopic (exact) mass is 416 g/mol. The van der Waals surface area contributed by atoms with E-state index in [2.05, 4.69) is 29.2 Å². The van der Waals surface area contributed by atoms with Gasteiger partial charge in [0.25, 0.3) is 0 Å². The van der Waals surface area contributed by atoms with E-state index >= 15 is 0 Å². The predicted octanol–water partition coefficient (Wildman–Crippen LogP) is 5.73. The molecule has 0 aromatic carbocycles. The molecule has 0 saturated carbocycles. The molecule has 0 aromatic rings. The molecule has 6 heteroatoms.